The molecule has 1 saturated heterocycles. The van der Waals surface area contributed by atoms with E-state index in [2.05, 4.69) is 21.6 Å². The molecule has 6 heterocycles. The van der Waals surface area contributed by atoms with Crippen LogP contribution in [0.2, 0.25) is 0 Å². The highest BCUT2D eigenvalue weighted by Crippen LogP contribution is 2.51. The van der Waals surface area contributed by atoms with Crippen LogP contribution >= 0.6 is 11.3 Å². The summed E-state index contributed by atoms with van der Waals surface area (Å²) >= 11 is 1.54. The molecule has 2 aliphatic heterocycles. The molecule has 4 aromatic heterocycles. The van der Waals surface area contributed by atoms with E-state index >= 15 is 0 Å². The highest BCUT2D eigenvalue weighted by atomic mass is 32.1. The number of thiophene rings is 1. The van der Waals surface area contributed by atoms with Gasteiger partial charge in [-0.3, -0.25) is 9.78 Å². The van der Waals surface area contributed by atoms with Crippen LogP contribution < -0.4 is 10.1 Å². The Morgan fingerprint density at radius 3 is 2.78 bits per heavy atom. The molecule has 1 amide bonds. The minimum Gasteiger partial charge on any atom is -0.493 e. The van der Waals surface area contributed by atoms with Gasteiger partial charge < -0.3 is 19.4 Å². The zero-order valence-electron chi connectivity index (χ0n) is 27.4. The number of pyridine rings is 2. The number of benzene rings is 2. The number of hydrogen-bond acceptors (Lipinski definition) is 9. The van der Waals surface area contributed by atoms with Crippen molar-refractivity contribution in [2.24, 2.45) is 0 Å². The Morgan fingerprint density at radius 2 is 1.96 bits per heavy atom. The second kappa shape index (κ2) is 12.0. The van der Waals surface area contributed by atoms with Gasteiger partial charge in [-0.25, -0.2) is 13.8 Å². The number of ether oxygens (including phenoxy) is 1. The van der Waals surface area contributed by atoms with Gasteiger partial charge in [-0.05, 0) is 85.4 Å². The summed E-state index contributed by atoms with van der Waals surface area (Å²) in [6.45, 7) is 2.41. The van der Waals surface area contributed by atoms with Gasteiger partial charge in [-0.2, -0.15) is 0 Å². The third-order valence-corrected chi connectivity index (χ3v) is 11.3. The monoisotopic (exact) mass is 690 g/mol. The Labute approximate surface area is 290 Å². The molecule has 9 nitrogen and oxygen atoms in total. The molecule has 50 heavy (non-hydrogen) atoms. The minimum absolute atomic E-state index is 0.0446. The van der Waals surface area contributed by atoms with Crippen LogP contribution in [0.5, 0.6) is 5.75 Å². The number of rotatable bonds is 8. The topological polar surface area (TPSA) is 106 Å². The Hall–Kier alpha value is -5.23. The van der Waals surface area contributed by atoms with Gasteiger partial charge in [0.2, 0.25) is 11.8 Å². The van der Waals surface area contributed by atoms with Gasteiger partial charge in [0.1, 0.15) is 11.6 Å². The third kappa shape index (κ3) is 4.95. The standard InChI is InChI=1S/C38H32F2N6O3S/c1-19-44-45-37(49-19)30-27(12-8-20-5-3-6-22(39)17-20)42-33-28-7-4-16-46(28)38(47)32(33)31(30)29-18-21-14-15-41-36(35(21)50-29)43-26-13-10-24-23(26)9-11-25(40)34(24)48-2/h3,5-6,9,11,14-15,17-18,26,28H,4,7-8,10,12-13,16H2,1-2H3,(H,41,43)/t26-,28?/m1/s1. The fraction of sp³-hybridized carbons (Fsp3) is 0.289. The van der Waals surface area contributed by atoms with E-state index in [0.717, 1.165) is 67.9 Å². The molecule has 3 aliphatic rings. The summed E-state index contributed by atoms with van der Waals surface area (Å²) in [6, 6.07) is 13.7. The first-order valence-electron chi connectivity index (χ1n) is 16.8. The van der Waals surface area contributed by atoms with E-state index in [1.807, 2.05) is 23.1 Å². The lowest BCUT2D eigenvalue weighted by molar-refractivity contribution is 0.0776. The molecule has 1 aliphatic carbocycles. The van der Waals surface area contributed by atoms with Crippen molar-refractivity contribution in [2.45, 2.75) is 57.5 Å². The first-order chi connectivity index (χ1) is 24.4. The van der Waals surface area contributed by atoms with Crippen LogP contribution in [-0.4, -0.2) is 44.6 Å². The summed E-state index contributed by atoms with van der Waals surface area (Å²) in [4.78, 5) is 26.9. The molecule has 9 rings (SSSR count). The average molecular weight is 691 g/mol. The summed E-state index contributed by atoms with van der Waals surface area (Å²) in [5.74, 6) is 0.994. The molecule has 0 saturated carbocycles. The van der Waals surface area contributed by atoms with Gasteiger partial charge in [0, 0.05) is 35.7 Å². The van der Waals surface area contributed by atoms with Crippen LogP contribution in [0.1, 0.15) is 75.7 Å². The van der Waals surface area contributed by atoms with E-state index in [9.17, 15) is 13.6 Å². The number of amides is 1. The smallest absolute Gasteiger partial charge is 0.257 e. The number of methoxy groups -OCH3 is 1. The number of aryl methyl sites for hydroxylation is 3. The molecule has 2 aromatic carbocycles. The fourth-order valence-electron chi connectivity index (χ4n) is 7.93. The molecule has 252 valence electrons. The fourth-order valence-corrected chi connectivity index (χ4v) is 9.09. The number of carbonyl (C=O) groups excluding carboxylic acids is 1. The maximum absolute atomic E-state index is 14.5. The number of anilines is 1. The quantitative estimate of drug-likeness (QED) is 0.171. The number of nitrogens with zero attached hydrogens (tertiary/aromatic N) is 5. The Bertz CT molecular complexity index is 2340. The Balaban J connectivity index is 1.20. The molecule has 0 spiro atoms. The van der Waals surface area contributed by atoms with Crippen molar-refractivity contribution in [2.75, 3.05) is 19.0 Å². The van der Waals surface area contributed by atoms with Gasteiger partial charge in [-0.15, -0.1) is 21.5 Å². The summed E-state index contributed by atoms with van der Waals surface area (Å²) in [7, 11) is 1.50. The molecule has 0 bridgehead atoms. The summed E-state index contributed by atoms with van der Waals surface area (Å²) in [5.41, 5.74) is 6.14. The Kier molecular flexibility index (Phi) is 7.38. The van der Waals surface area contributed by atoms with Gasteiger partial charge >= 0.3 is 0 Å². The molecular formula is C38H32F2N6O3S. The van der Waals surface area contributed by atoms with Crippen LogP contribution in [0, 0.1) is 18.6 Å². The number of hydrogen-bond donors (Lipinski definition) is 1. The SMILES string of the molecule is COc1c(F)ccc2c1CC[C@H]2Nc1nccc2cc(-c3c4c(nc(CCc5cccc(F)c5)c3-c3nnc(C)o3)C3CCCN3C4=O)sc12. The van der Waals surface area contributed by atoms with E-state index in [-0.39, 0.29) is 29.6 Å². The molecule has 2 atom stereocenters. The van der Waals surface area contributed by atoms with E-state index in [4.69, 9.17) is 19.1 Å². The molecule has 0 radical (unpaired) electrons. The van der Waals surface area contributed by atoms with E-state index in [1.165, 1.54) is 25.3 Å². The molecule has 12 heteroatoms. The highest BCUT2D eigenvalue weighted by Gasteiger charge is 2.45. The van der Waals surface area contributed by atoms with Crippen molar-refractivity contribution in [3.8, 4) is 27.6 Å². The first-order valence-corrected chi connectivity index (χ1v) is 17.6. The maximum Gasteiger partial charge on any atom is 0.257 e. The van der Waals surface area contributed by atoms with Crippen molar-refractivity contribution < 1.29 is 22.7 Å². The predicted octanol–water partition coefficient (Wildman–Crippen LogP) is 8.18. The summed E-state index contributed by atoms with van der Waals surface area (Å²) in [5, 5.41) is 13.2. The van der Waals surface area contributed by atoms with Crippen molar-refractivity contribution in [3.05, 3.63) is 106 Å². The zero-order valence-corrected chi connectivity index (χ0v) is 28.2. The molecular weight excluding hydrogens is 659 g/mol. The number of carbonyl (C=O) groups is 1. The second-order valence-electron chi connectivity index (χ2n) is 13.1. The molecule has 1 unspecified atom stereocenters. The van der Waals surface area contributed by atoms with Crippen molar-refractivity contribution in [1.29, 1.82) is 0 Å². The van der Waals surface area contributed by atoms with E-state index in [0.29, 0.717) is 60.3 Å². The van der Waals surface area contributed by atoms with Crippen molar-refractivity contribution >= 4 is 33.1 Å². The van der Waals surface area contributed by atoms with Gasteiger partial charge in [0.25, 0.3) is 5.91 Å². The zero-order chi connectivity index (χ0) is 34.1. The Morgan fingerprint density at radius 1 is 1.06 bits per heavy atom. The van der Waals surface area contributed by atoms with Gasteiger partial charge in [0.05, 0.1) is 46.4 Å². The summed E-state index contributed by atoms with van der Waals surface area (Å²) < 4.78 is 41.0. The van der Waals surface area contributed by atoms with Crippen LogP contribution in [0.4, 0.5) is 14.6 Å². The number of halogens is 2. The summed E-state index contributed by atoms with van der Waals surface area (Å²) in [6.07, 6.45) is 6.00. The minimum atomic E-state index is -0.363. The molecule has 1 fully saturated rings. The lowest BCUT2D eigenvalue weighted by Crippen LogP contribution is -2.22. The van der Waals surface area contributed by atoms with Crippen molar-refractivity contribution in [1.82, 2.24) is 25.1 Å². The lowest BCUT2D eigenvalue weighted by Gasteiger charge is -2.16. The van der Waals surface area contributed by atoms with Crippen LogP contribution in [0.3, 0.4) is 0 Å². The highest BCUT2D eigenvalue weighted by molar-refractivity contribution is 7.23. The van der Waals surface area contributed by atoms with Crippen LogP contribution in [-0.2, 0) is 19.3 Å². The average Bonchev–Trinajstić information content (AvgIpc) is 3.95. The predicted molar refractivity (Wildman–Crippen MR) is 185 cm³/mol. The second-order valence-corrected chi connectivity index (χ2v) is 14.1. The van der Waals surface area contributed by atoms with Crippen molar-refractivity contribution in [3.63, 3.8) is 0 Å². The molecule has 6 aromatic rings. The van der Waals surface area contributed by atoms with Crippen LogP contribution in [0.25, 0.3) is 32.0 Å². The lowest BCUT2D eigenvalue weighted by atomic mass is 9.93. The van der Waals surface area contributed by atoms with E-state index in [1.54, 1.807) is 30.5 Å². The molecule has 1 N–H and O–H groups in total. The van der Waals surface area contributed by atoms with E-state index < -0.39 is 0 Å². The maximum atomic E-state index is 14.5. The number of nitrogens with one attached hydrogen (secondary N) is 1. The van der Waals surface area contributed by atoms with Gasteiger partial charge in [0.15, 0.2) is 11.6 Å². The largest absolute Gasteiger partial charge is 0.493 e. The number of fused-ring (bicyclic) bond motifs is 5. The first kappa shape index (κ1) is 30.8. The normalized spacial score (nSPS) is 17.8. The van der Waals surface area contributed by atoms with Gasteiger partial charge in [-0.1, -0.05) is 18.2 Å². The number of aromatic nitrogens is 4. The van der Waals surface area contributed by atoms with Crippen LogP contribution in [0.15, 0.2) is 59.1 Å². The third-order valence-electron chi connectivity index (χ3n) is 10.1.